The Morgan fingerprint density at radius 1 is 1.38 bits per heavy atom. The molecule has 1 aromatic carbocycles. The normalized spacial score (nSPS) is 12.1. The Balaban J connectivity index is 2.76. The lowest BCUT2D eigenvalue weighted by Gasteiger charge is -2.31. The second kappa shape index (κ2) is 6.43. The number of para-hydroxylation sites is 1. The van der Waals surface area contributed by atoms with E-state index in [-0.39, 0.29) is 5.84 Å². The van der Waals surface area contributed by atoms with Crippen molar-refractivity contribution in [3.63, 3.8) is 0 Å². The maximum atomic E-state index is 9.05. The highest BCUT2D eigenvalue weighted by molar-refractivity contribution is 6.08. The number of fused-ring (bicyclic) bond motifs is 1. The molecule has 0 saturated heterocycles. The zero-order valence-electron chi connectivity index (χ0n) is 12.7. The molecule has 0 fully saturated rings. The summed E-state index contributed by atoms with van der Waals surface area (Å²) in [5, 5.41) is 13.2. The minimum absolute atomic E-state index is 0.0880. The lowest BCUT2D eigenvalue weighted by molar-refractivity contribution is 0.318. The van der Waals surface area contributed by atoms with E-state index < -0.39 is 0 Å². The molecule has 0 amide bonds. The van der Waals surface area contributed by atoms with Gasteiger partial charge in [0.1, 0.15) is 0 Å². The van der Waals surface area contributed by atoms with Gasteiger partial charge < -0.3 is 15.8 Å². The average Bonchev–Trinajstić information content (AvgIpc) is 2.50. The van der Waals surface area contributed by atoms with Crippen LogP contribution in [0.5, 0.6) is 0 Å². The topological polar surface area (TPSA) is 74.7 Å². The Morgan fingerprint density at radius 3 is 2.71 bits per heavy atom. The van der Waals surface area contributed by atoms with Crippen molar-refractivity contribution in [2.24, 2.45) is 10.9 Å². The summed E-state index contributed by atoms with van der Waals surface area (Å²) in [6, 6.07) is 8.24. The van der Waals surface area contributed by atoms with E-state index in [1.165, 1.54) is 0 Å². The van der Waals surface area contributed by atoms with Crippen LogP contribution in [-0.4, -0.2) is 28.6 Å². The van der Waals surface area contributed by atoms with Gasteiger partial charge >= 0.3 is 0 Å². The van der Waals surface area contributed by atoms with E-state index in [0.29, 0.717) is 11.6 Å². The third kappa shape index (κ3) is 2.91. The number of rotatable bonds is 5. The van der Waals surface area contributed by atoms with E-state index in [1.807, 2.05) is 24.3 Å². The molecule has 0 aliphatic carbocycles. The molecule has 0 bridgehead atoms. The highest BCUT2D eigenvalue weighted by Gasteiger charge is 2.19. The van der Waals surface area contributed by atoms with Crippen LogP contribution >= 0.6 is 0 Å². The number of anilines is 1. The highest BCUT2D eigenvalue weighted by atomic mass is 16.4. The van der Waals surface area contributed by atoms with Crippen LogP contribution in [0.3, 0.4) is 0 Å². The molecule has 5 nitrogen and oxygen atoms in total. The molecular formula is C16H22N4O. The van der Waals surface area contributed by atoms with Gasteiger partial charge in [-0.3, -0.25) is 4.98 Å². The minimum atomic E-state index is 0.0880. The Bertz CT molecular complexity index is 652. The average molecular weight is 286 g/mol. The molecule has 0 unspecified atom stereocenters. The Labute approximate surface area is 125 Å². The lowest BCUT2D eigenvalue weighted by Crippen LogP contribution is -2.34. The van der Waals surface area contributed by atoms with E-state index in [9.17, 15) is 0 Å². The van der Waals surface area contributed by atoms with Crippen molar-refractivity contribution >= 4 is 22.4 Å². The Morgan fingerprint density at radius 2 is 2.10 bits per heavy atom. The van der Waals surface area contributed by atoms with Crippen molar-refractivity contribution < 1.29 is 5.21 Å². The molecule has 3 N–H and O–H groups in total. The smallest absolute Gasteiger partial charge is 0.173 e. The van der Waals surface area contributed by atoms with Gasteiger partial charge in [-0.05, 0) is 26.3 Å². The van der Waals surface area contributed by atoms with Crippen molar-refractivity contribution in [1.29, 1.82) is 0 Å². The molecule has 0 radical (unpaired) electrons. The summed E-state index contributed by atoms with van der Waals surface area (Å²) in [5.74, 6) is 0.0880. The van der Waals surface area contributed by atoms with E-state index in [4.69, 9.17) is 10.9 Å². The number of pyridine rings is 1. The maximum Gasteiger partial charge on any atom is 0.173 e. The molecule has 1 heterocycles. The molecule has 1 aromatic heterocycles. The highest BCUT2D eigenvalue weighted by Crippen LogP contribution is 2.31. The molecule has 5 heteroatoms. The number of hydrogen-bond acceptors (Lipinski definition) is 4. The van der Waals surface area contributed by atoms with Crippen LogP contribution < -0.4 is 10.6 Å². The van der Waals surface area contributed by atoms with Crippen LogP contribution in [0.15, 0.2) is 35.6 Å². The largest absolute Gasteiger partial charge is 0.409 e. The summed E-state index contributed by atoms with van der Waals surface area (Å²) in [6.45, 7) is 7.32. The quantitative estimate of drug-likeness (QED) is 0.383. The summed E-state index contributed by atoms with van der Waals surface area (Å²) < 4.78 is 0. The fourth-order valence-corrected chi connectivity index (χ4v) is 2.55. The number of nitrogens with zero attached hydrogens (tertiary/aromatic N) is 3. The van der Waals surface area contributed by atoms with Crippen molar-refractivity contribution in [3.8, 4) is 0 Å². The van der Waals surface area contributed by atoms with Crippen LogP contribution in [-0.2, 0) is 0 Å². The number of amidine groups is 1. The Hall–Kier alpha value is -2.30. The van der Waals surface area contributed by atoms with Crippen LogP contribution in [0.1, 0.15) is 32.8 Å². The molecule has 21 heavy (non-hydrogen) atoms. The first-order valence-corrected chi connectivity index (χ1v) is 7.22. The second-order valence-electron chi connectivity index (χ2n) is 5.31. The summed E-state index contributed by atoms with van der Waals surface area (Å²) in [6.07, 6.45) is 2.70. The molecule has 2 rings (SSSR count). The standard InChI is InChI=1S/C16H22N4O/c1-4-9-20(11(2)3)15-12-7-5-6-8-14(12)18-10-13(15)16(17)19-21/h5-8,10-11,21H,4,9H2,1-3H3,(H2,17,19). The summed E-state index contributed by atoms with van der Waals surface area (Å²) in [4.78, 5) is 6.69. The van der Waals surface area contributed by atoms with E-state index in [0.717, 1.165) is 29.6 Å². The maximum absolute atomic E-state index is 9.05. The molecule has 0 aliphatic rings. The van der Waals surface area contributed by atoms with Crippen LogP contribution in [0, 0.1) is 0 Å². The first-order chi connectivity index (χ1) is 10.1. The fourth-order valence-electron chi connectivity index (χ4n) is 2.55. The van der Waals surface area contributed by atoms with Gasteiger partial charge in [-0.1, -0.05) is 30.3 Å². The van der Waals surface area contributed by atoms with Gasteiger partial charge in [0.15, 0.2) is 5.84 Å². The zero-order valence-corrected chi connectivity index (χ0v) is 12.7. The molecule has 112 valence electrons. The van der Waals surface area contributed by atoms with Crippen LogP contribution in [0.25, 0.3) is 10.9 Å². The summed E-state index contributed by atoms with van der Waals surface area (Å²) in [5.41, 5.74) is 8.40. The van der Waals surface area contributed by atoms with Crippen molar-refractivity contribution in [3.05, 3.63) is 36.0 Å². The number of aromatic nitrogens is 1. The van der Waals surface area contributed by atoms with Gasteiger partial charge in [0, 0.05) is 24.2 Å². The van der Waals surface area contributed by atoms with Crippen molar-refractivity contribution in [2.45, 2.75) is 33.2 Å². The summed E-state index contributed by atoms with van der Waals surface area (Å²) >= 11 is 0. The first kappa shape index (κ1) is 15.1. The van der Waals surface area contributed by atoms with Gasteiger partial charge in [0.2, 0.25) is 0 Å². The van der Waals surface area contributed by atoms with Crippen molar-refractivity contribution in [2.75, 3.05) is 11.4 Å². The molecule has 0 spiro atoms. The van der Waals surface area contributed by atoms with E-state index >= 15 is 0 Å². The number of nitrogens with two attached hydrogens (primary N) is 1. The molecular weight excluding hydrogens is 264 g/mol. The van der Waals surface area contributed by atoms with Gasteiger partial charge in [0.05, 0.1) is 16.8 Å². The number of oxime groups is 1. The van der Waals surface area contributed by atoms with Gasteiger partial charge in [0.25, 0.3) is 0 Å². The predicted octanol–water partition coefficient (Wildman–Crippen LogP) is 2.95. The predicted molar refractivity (Wildman–Crippen MR) is 87.0 cm³/mol. The SMILES string of the molecule is CCCN(c1c(/C(N)=N/O)cnc2ccccc12)C(C)C. The monoisotopic (exact) mass is 286 g/mol. The number of hydrogen-bond donors (Lipinski definition) is 2. The van der Waals surface area contributed by atoms with Gasteiger partial charge in [-0.2, -0.15) is 0 Å². The van der Waals surface area contributed by atoms with Crippen LogP contribution in [0.2, 0.25) is 0 Å². The fraction of sp³-hybridized carbons (Fsp3) is 0.375. The van der Waals surface area contributed by atoms with E-state index in [2.05, 4.69) is 35.8 Å². The molecule has 0 saturated carbocycles. The number of benzene rings is 1. The Kier molecular flexibility index (Phi) is 4.62. The zero-order chi connectivity index (χ0) is 15.4. The van der Waals surface area contributed by atoms with Gasteiger partial charge in [-0.25, -0.2) is 0 Å². The third-order valence-corrected chi connectivity index (χ3v) is 3.51. The van der Waals surface area contributed by atoms with Gasteiger partial charge in [-0.15, -0.1) is 0 Å². The minimum Gasteiger partial charge on any atom is -0.409 e. The first-order valence-electron chi connectivity index (χ1n) is 7.22. The van der Waals surface area contributed by atoms with E-state index in [1.54, 1.807) is 6.20 Å². The third-order valence-electron chi connectivity index (χ3n) is 3.51. The lowest BCUT2D eigenvalue weighted by atomic mass is 10.1. The second-order valence-corrected chi connectivity index (χ2v) is 5.31. The van der Waals surface area contributed by atoms with Crippen molar-refractivity contribution in [1.82, 2.24) is 4.98 Å². The summed E-state index contributed by atoms with van der Waals surface area (Å²) in [7, 11) is 0. The van der Waals surface area contributed by atoms with Crippen LogP contribution in [0.4, 0.5) is 5.69 Å². The molecule has 0 atom stereocenters. The molecule has 0 aliphatic heterocycles. The molecule has 2 aromatic rings.